The zero-order valence-electron chi connectivity index (χ0n) is 10.7. The molecule has 0 fully saturated rings. The van der Waals surface area contributed by atoms with Crippen LogP contribution in [0.15, 0.2) is 36.4 Å². The van der Waals surface area contributed by atoms with Crippen molar-refractivity contribution in [1.82, 2.24) is 0 Å². The third-order valence-electron chi connectivity index (χ3n) is 2.58. The third-order valence-corrected chi connectivity index (χ3v) is 2.58. The second-order valence-corrected chi connectivity index (χ2v) is 4.17. The summed E-state index contributed by atoms with van der Waals surface area (Å²) in [7, 11) is 0. The first-order valence-corrected chi connectivity index (χ1v) is 5.65. The van der Waals surface area contributed by atoms with Gasteiger partial charge in [0, 0.05) is 0 Å². The molecule has 0 amide bonds. The largest absolute Gasteiger partial charge is 0.416 e. The van der Waals surface area contributed by atoms with Gasteiger partial charge in [0.05, 0.1) is 11.1 Å². The first-order valence-electron chi connectivity index (χ1n) is 5.65. The Hall–Kier alpha value is -1.72. The lowest BCUT2D eigenvalue weighted by molar-refractivity contribution is -0.143. The van der Waals surface area contributed by atoms with E-state index in [0.29, 0.717) is 17.7 Å². The average molecular weight is 294 g/mol. The highest BCUT2D eigenvalue weighted by Gasteiger charge is 2.36. The SMILES string of the molecule is C/C=C\C=C(/C)c1cc(C(F)(F)F)cc(C(F)(F)F)c1. The number of halogens is 6. The lowest BCUT2D eigenvalue weighted by Crippen LogP contribution is -2.11. The van der Waals surface area contributed by atoms with E-state index >= 15 is 0 Å². The second kappa shape index (κ2) is 5.73. The van der Waals surface area contributed by atoms with Crippen LogP contribution < -0.4 is 0 Å². The van der Waals surface area contributed by atoms with Gasteiger partial charge in [-0.05, 0) is 43.2 Å². The summed E-state index contributed by atoms with van der Waals surface area (Å²) in [4.78, 5) is 0. The highest BCUT2D eigenvalue weighted by atomic mass is 19.4. The van der Waals surface area contributed by atoms with E-state index in [1.807, 2.05) is 0 Å². The number of hydrogen-bond donors (Lipinski definition) is 0. The fourth-order valence-corrected chi connectivity index (χ4v) is 1.52. The number of hydrogen-bond acceptors (Lipinski definition) is 0. The van der Waals surface area contributed by atoms with Crippen LogP contribution >= 0.6 is 0 Å². The van der Waals surface area contributed by atoms with Crippen molar-refractivity contribution in [2.75, 3.05) is 0 Å². The number of alkyl halides is 6. The molecule has 1 aromatic rings. The highest BCUT2D eigenvalue weighted by Crippen LogP contribution is 2.37. The molecule has 0 aliphatic heterocycles. The standard InChI is InChI=1S/C14H12F6/c1-3-4-5-9(2)10-6-11(13(15,16)17)8-12(7-10)14(18,19)20/h3-8H,1-2H3/b4-3-,9-5+. The van der Waals surface area contributed by atoms with E-state index < -0.39 is 23.5 Å². The maximum Gasteiger partial charge on any atom is 0.416 e. The van der Waals surface area contributed by atoms with Gasteiger partial charge in [-0.25, -0.2) is 0 Å². The Morgan fingerprint density at radius 2 is 1.35 bits per heavy atom. The fraction of sp³-hybridized carbons (Fsp3) is 0.286. The Balaban J connectivity index is 3.46. The third kappa shape index (κ3) is 4.15. The van der Waals surface area contributed by atoms with Crippen molar-refractivity contribution < 1.29 is 26.3 Å². The van der Waals surface area contributed by atoms with Crippen molar-refractivity contribution in [3.05, 3.63) is 53.1 Å². The Morgan fingerprint density at radius 1 is 0.900 bits per heavy atom. The van der Waals surface area contributed by atoms with Crippen molar-refractivity contribution in [1.29, 1.82) is 0 Å². The summed E-state index contributed by atoms with van der Waals surface area (Å²) in [5.41, 5.74) is -2.41. The van der Waals surface area contributed by atoms with Gasteiger partial charge in [0.25, 0.3) is 0 Å². The highest BCUT2D eigenvalue weighted by molar-refractivity contribution is 5.66. The molecule has 1 aromatic carbocycles. The van der Waals surface area contributed by atoms with Crippen molar-refractivity contribution in [2.24, 2.45) is 0 Å². The molecule has 0 aliphatic carbocycles. The Morgan fingerprint density at radius 3 is 1.70 bits per heavy atom. The van der Waals surface area contributed by atoms with Gasteiger partial charge in [0.1, 0.15) is 0 Å². The van der Waals surface area contributed by atoms with E-state index in [1.165, 1.54) is 13.0 Å². The second-order valence-electron chi connectivity index (χ2n) is 4.17. The van der Waals surface area contributed by atoms with Crippen LogP contribution in [0.1, 0.15) is 30.5 Å². The zero-order valence-corrected chi connectivity index (χ0v) is 10.7. The lowest BCUT2D eigenvalue weighted by atomic mass is 9.99. The van der Waals surface area contributed by atoms with E-state index in [9.17, 15) is 26.3 Å². The first kappa shape index (κ1) is 16.3. The van der Waals surface area contributed by atoms with E-state index in [4.69, 9.17) is 0 Å². The minimum Gasteiger partial charge on any atom is -0.166 e. The summed E-state index contributed by atoms with van der Waals surface area (Å²) in [5.74, 6) is 0. The van der Waals surface area contributed by atoms with E-state index in [2.05, 4.69) is 0 Å². The lowest BCUT2D eigenvalue weighted by Gasteiger charge is -2.14. The summed E-state index contributed by atoms with van der Waals surface area (Å²) in [6.45, 7) is 3.15. The predicted octanol–water partition coefficient (Wildman–Crippen LogP) is 5.70. The number of allylic oxidation sites excluding steroid dienone is 4. The van der Waals surface area contributed by atoms with Gasteiger partial charge in [-0.15, -0.1) is 0 Å². The molecule has 0 bridgehead atoms. The molecule has 6 heteroatoms. The van der Waals surface area contributed by atoms with Crippen LogP contribution in [-0.2, 0) is 12.4 Å². The van der Waals surface area contributed by atoms with Gasteiger partial charge in [0.2, 0.25) is 0 Å². The van der Waals surface area contributed by atoms with Gasteiger partial charge >= 0.3 is 12.4 Å². The van der Waals surface area contributed by atoms with Crippen molar-refractivity contribution >= 4 is 5.57 Å². The molecule has 0 aromatic heterocycles. The molecule has 0 N–H and O–H groups in total. The van der Waals surface area contributed by atoms with Crippen LogP contribution in [0.5, 0.6) is 0 Å². The molecule has 0 heterocycles. The summed E-state index contributed by atoms with van der Waals surface area (Å²) in [6.07, 6.45) is -5.02. The number of benzene rings is 1. The minimum absolute atomic E-state index is 0.106. The molecular weight excluding hydrogens is 282 g/mol. The quantitative estimate of drug-likeness (QED) is 0.484. The van der Waals surface area contributed by atoms with Crippen LogP contribution in [0.3, 0.4) is 0 Å². The predicted molar refractivity (Wildman–Crippen MR) is 64.9 cm³/mol. The van der Waals surface area contributed by atoms with Gasteiger partial charge in [-0.3, -0.25) is 0 Å². The summed E-state index contributed by atoms with van der Waals surface area (Å²) in [5, 5.41) is 0. The smallest absolute Gasteiger partial charge is 0.166 e. The monoisotopic (exact) mass is 294 g/mol. The average Bonchev–Trinajstić information content (AvgIpc) is 2.33. The molecule has 0 aliphatic rings. The Kier molecular flexibility index (Phi) is 4.68. The molecule has 0 spiro atoms. The van der Waals surface area contributed by atoms with Crippen LogP contribution in [0.2, 0.25) is 0 Å². The minimum atomic E-state index is -4.82. The molecule has 20 heavy (non-hydrogen) atoms. The van der Waals surface area contributed by atoms with Crippen molar-refractivity contribution in [3.63, 3.8) is 0 Å². The fourth-order valence-electron chi connectivity index (χ4n) is 1.52. The molecule has 0 nitrogen and oxygen atoms in total. The molecule has 110 valence electrons. The van der Waals surface area contributed by atoms with Crippen molar-refractivity contribution in [2.45, 2.75) is 26.2 Å². The molecule has 1 rings (SSSR count). The molecule has 0 unspecified atom stereocenters. The van der Waals surface area contributed by atoms with E-state index in [-0.39, 0.29) is 11.6 Å². The maximum atomic E-state index is 12.7. The Labute approximate surface area is 112 Å². The Bertz CT molecular complexity index is 499. The normalized spacial score (nSPS) is 14.1. The number of rotatable bonds is 2. The maximum absolute atomic E-state index is 12.7. The topological polar surface area (TPSA) is 0 Å². The van der Waals surface area contributed by atoms with Gasteiger partial charge in [0.15, 0.2) is 0 Å². The van der Waals surface area contributed by atoms with Crippen LogP contribution in [0, 0.1) is 0 Å². The van der Waals surface area contributed by atoms with Crippen molar-refractivity contribution in [3.8, 4) is 0 Å². The van der Waals surface area contributed by atoms with Crippen LogP contribution in [0.25, 0.3) is 5.57 Å². The molecule has 0 radical (unpaired) electrons. The van der Waals surface area contributed by atoms with E-state index in [0.717, 1.165) is 0 Å². The summed E-state index contributed by atoms with van der Waals surface area (Å²) < 4.78 is 75.9. The molecule has 0 atom stereocenters. The summed E-state index contributed by atoms with van der Waals surface area (Å²) in [6, 6.07) is 1.54. The van der Waals surface area contributed by atoms with Gasteiger partial charge in [-0.2, -0.15) is 26.3 Å². The van der Waals surface area contributed by atoms with Crippen LogP contribution in [0.4, 0.5) is 26.3 Å². The van der Waals surface area contributed by atoms with Gasteiger partial charge < -0.3 is 0 Å². The summed E-state index contributed by atoms with van der Waals surface area (Å²) >= 11 is 0. The van der Waals surface area contributed by atoms with Gasteiger partial charge in [-0.1, -0.05) is 18.2 Å². The van der Waals surface area contributed by atoms with Crippen LogP contribution in [-0.4, -0.2) is 0 Å². The first-order chi connectivity index (χ1) is 9.05. The molecule has 0 saturated heterocycles. The molecule has 0 saturated carbocycles. The molecular formula is C14H12F6. The zero-order chi connectivity index (χ0) is 15.6. The van der Waals surface area contributed by atoms with E-state index in [1.54, 1.807) is 19.1 Å².